The lowest BCUT2D eigenvalue weighted by Crippen LogP contribution is -2.34. The molecule has 2 aromatic rings. The lowest BCUT2D eigenvalue weighted by Gasteiger charge is -2.32. The molecule has 2 heterocycles. The molecular formula is C16H19F2N3O. The highest BCUT2D eigenvalue weighted by atomic mass is 19.1. The van der Waals surface area contributed by atoms with E-state index < -0.39 is 5.82 Å². The zero-order chi connectivity index (χ0) is 15.5. The standard InChI is InChI=1S/C16H19F2N3O/c1-2-15-19-20-16(22-15)10-21-7-3-4-11(9-21)13-8-12(17)5-6-14(13)18/h5-6,8,11H,2-4,7,9-10H2,1H3/t11-/m1/s1. The predicted molar refractivity (Wildman–Crippen MR) is 77.3 cm³/mol. The van der Waals surface area contributed by atoms with Crippen molar-refractivity contribution in [3.8, 4) is 0 Å². The van der Waals surface area contributed by atoms with Crippen molar-refractivity contribution in [1.82, 2.24) is 15.1 Å². The molecular weight excluding hydrogens is 288 g/mol. The van der Waals surface area contributed by atoms with Gasteiger partial charge in [0.1, 0.15) is 11.6 Å². The topological polar surface area (TPSA) is 42.2 Å². The van der Waals surface area contributed by atoms with Gasteiger partial charge >= 0.3 is 0 Å². The molecule has 0 aliphatic carbocycles. The van der Waals surface area contributed by atoms with E-state index in [2.05, 4.69) is 15.1 Å². The van der Waals surface area contributed by atoms with Gasteiger partial charge in [0.25, 0.3) is 0 Å². The van der Waals surface area contributed by atoms with E-state index in [0.29, 0.717) is 36.9 Å². The van der Waals surface area contributed by atoms with Crippen LogP contribution < -0.4 is 0 Å². The Balaban J connectivity index is 1.69. The van der Waals surface area contributed by atoms with Crippen LogP contribution in [0.25, 0.3) is 0 Å². The molecule has 4 nitrogen and oxygen atoms in total. The summed E-state index contributed by atoms with van der Waals surface area (Å²) in [5.41, 5.74) is 0.462. The molecule has 1 fully saturated rings. The highest BCUT2D eigenvalue weighted by molar-refractivity contribution is 5.23. The molecule has 1 atom stereocenters. The Morgan fingerprint density at radius 3 is 2.86 bits per heavy atom. The number of halogens is 2. The van der Waals surface area contributed by atoms with E-state index in [-0.39, 0.29) is 11.7 Å². The highest BCUT2D eigenvalue weighted by Crippen LogP contribution is 2.29. The Labute approximate surface area is 128 Å². The van der Waals surface area contributed by atoms with Crippen molar-refractivity contribution in [2.45, 2.75) is 38.6 Å². The summed E-state index contributed by atoms with van der Waals surface area (Å²) in [6.45, 7) is 4.09. The van der Waals surface area contributed by atoms with Crippen LogP contribution in [-0.4, -0.2) is 28.2 Å². The quantitative estimate of drug-likeness (QED) is 0.869. The first-order chi connectivity index (χ1) is 10.7. The van der Waals surface area contributed by atoms with Gasteiger partial charge in [0.2, 0.25) is 11.8 Å². The van der Waals surface area contributed by atoms with Gasteiger partial charge in [0.05, 0.1) is 6.54 Å². The second-order valence-corrected chi connectivity index (χ2v) is 5.68. The molecule has 118 valence electrons. The van der Waals surface area contributed by atoms with Crippen molar-refractivity contribution in [3.63, 3.8) is 0 Å². The minimum atomic E-state index is -0.391. The molecule has 0 saturated carbocycles. The molecule has 6 heteroatoms. The van der Waals surface area contributed by atoms with Crippen LogP contribution in [0.2, 0.25) is 0 Å². The molecule has 1 aliphatic rings. The van der Waals surface area contributed by atoms with Gasteiger partial charge in [-0.1, -0.05) is 6.92 Å². The summed E-state index contributed by atoms with van der Waals surface area (Å²) >= 11 is 0. The third-order valence-electron chi connectivity index (χ3n) is 4.07. The third-order valence-corrected chi connectivity index (χ3v) is 4.07. The van der Waals surface area contributed by atoms with Crippen molar-refractivity contribution >= 4 is 0 Å². The second-order valence-electron chi connectivity index (χ2n) is 5.68. The average molecular weight is 307 g/mol. The summed E-state index contributed by atoms with van der Waals surface area (Å²) in [6, 6.07) is 3.67. The van der Waals surface area contributed by atoms with E-state index in [1.165, 1.54) is 12.1 Å². The molecule has 1 aromatic carbocycles. The number of aromatic nitrogens is 2. The Kier molecular flexibility index (Phi) is 4.47. The van der Waals surface area contributed by atoms with Gasteiger partial charge in [-0.25, -0.2) is 8.78 Å². The highest BCUT2D eigenvalue weighted by Gasteiger charge is 2.25. The third kappa shape index (κ3) is 3.32. The molecule has 0 amide bonds. The molecule has 0 radical (unpaired) electrons. The van der Waals surface area contributed by atoms with Crippen LogP contribution in [0, 0.1) is 11.6 Å². The van der Waals surface area contributed by atoms with Crippen LogP contribution in [-0.2, 0) is 13.0 Å². The van der Waals surface area contributed by atoms with Crippen LogP contribution >= 0.6 is 0 Å². The maximum Gasteiger partial charge on any atom is 0.230 e. The zero-order valence-electron chi connectivity index (χ0n) is 12.6. The van der Waals surface area contributed by atoms with Gasteiger partial charge in [-0.2, -0.15) is 0 Å². The maximum atomic E-state index is 13.9. The van der Waals surface area contributed by atoms with Crippen LogP contribution in [0.3, 0.4) is 0 Å². The summed E-state index contributed by atoms with van der Waals surface area (Å²) < 4.78 is 32.8. The first-order valence-electron chi connectivity index (χ1n) is 7.64. The molecule has 3 rings (SSSR count). The fraction of sp³-hybridized carbons (Fsp3) is 0.500. The van der Waals surface area contributed by atoms with Gasteiger partial charge in [0.15, 0.2) is 0 Å². The normalized spacial score (nSPS) is 19.5. The molecule has 22 heavy (non-hydrogen) atoms. The first kappa shape index (κ1) is 15.1. The second kappa shape index (κ2) is 6.52. The van der Waals surface area contributed by atoms with Gasteiger partial charge in [-0.15, -0.1) is 10.2 Å². The van der Waals surface area contributed by atoms with Crippen LogP contribution in [0.15, 0.2) is 22.6 Å². The first-order valence-corrected chi connectivity index (χ1v) is 7.64. The van der Waals surface area contributed by atoms with Crippen molar-refractivity contribution in [2.24, 2.45) is 0 Å². The van der Waals surface area contributed by atoms with Gasteiger partial charge in [-0.05, 0) is 49.1 Å². The molecule has 1 aliphatic heterocycles. The number of piperidine rings is 1. The van der Waals surface area contributed by atoms with Gasteiger partial charge in [0, 0.05) is 13.0 Å². The summed E-state index contributed by atoms with van der Waals surface area (Å²) in [5, 5.41) is 7.97. The summed E-state index contributed by atoms with van der Waals surface area (Å²) in [5.74, 6) is 0.479. The predicted octanol–water partition coefficient (Wildman–Crippen LogP) is 3.29. The molecule has 0 unspecified atom stereocenters. The minimum Gasteiger partial charge on any atom is -0.424 e. The lowest BCUT2D eigenvalue weighted by molar-refractivity contribution is 0.181. The van der Waals surface area contributed by atoms with Crippen LogP contribution in [0.1, 0.15) is 43.0 Å². The lowest BCUT2D eigenvalue weighted by atomic mass is 9.90. The van der Waals surface area contributed by atoms with E-state index in [1.54, 1.807) is 0 Å². The molecule has 0 bridgehead atoms. The van der Waals surface area contributed by atoms with E-state index in [1.807, 2.05) is 6.92 Å². The Morgan fingerprint density at radius 2 is 2.09 bits per heavy atom. The number of aryl methyl sites for hydroxylation is 1. The van der Waals surface area contributed by atoms with E-state index in [4.69, 9.17) is 4.42 Å². The van der Waals surface area contributed by atoms with Gasteiger partial charge < -0.3 is 4.42 Å². The molecule has 0 N–H and O–H groups in total. The number of nitrogens with zero attached hydrogens (tertiary/aromatic N) is 3. The molecule has 1 saturated heterocycles. The molecule has 0 spiro atoms. The van der Waals surface area contributed by atoms with Crippen molar-refractivity contribution in [3.05, 3.63) is 47.2 Å². The SMILES string of the molecule is CCc1nnc(CN2CCC[C@@H](c3cc(F)ccc3F)C2)o1. The smallest absolute Gasteiger partial charge is 0.230 e. The van der Waals surface area contributed by atoms with Crippen molar-refractivity contribution in [2.75, 3.05) is 13.1 Å². The monoisotopic (exact) mass is 307 g/mol. The van der Waals surface area contributed by atoms with E-state index in [0.717, 1.165) is 25.5 Å². The summed E-state index contributed by atoms with van der Waals surface area (Å²) in [7, 11) is 0. The summed E-state index contributed by atoms with van der Waals surface area (Å²) in [4.78, 5) is 2.16. The van der Waals surface area contributed by atoms with E-state index in [9.17, 15) is 8.78 Å². The largest absolute Gasteiger partial charge is 0.424 e. The van der Waals surface area contributed by atoms with Crippen molar-refractivity contribution < 1.29 is 13.2 Å². The number of hydrogen-bond acceptors (Lipinski definition) is 4. The summed E-state index contributed by atoms with van der Waals surface area (Å²) in [6.07, 6.45) is 2.51. The number of rotatable bonds is 4. The fourth-order valence-electron chi connectivity index (χ4n) is 2.97. The number of likely N-dealkylation sites (tertiary alicyclic amines) is 1. The maximum absolute atomic E-state index is 13.9. The minimum absolute atomic E-state index is 0.00184. The molecule has 1 aromatic heterocycles. The number of benzene rings is 1. The van der Waals surface area contributed by atoms with Crippen LogP contribution in [0.4, 0.5) is 8.78 Å². The average Bonchev–Trinajstić information content (AvgIpc) is 2.97. The van der Waals surface area contributed by atoms with Gasteiger partial charge in [-0.3, -0.25) is 4.90 Å². The van der Waals surface area contributed by atoms with E-state index >= 15 is 0 Å². The van der Waals surface area contributed by atoms with Crippen LogP contribution in [0.5, 0.6) is 0 Å². The van der Waals surface area contributed by atoms with Crippen molar-refractivity contribution in [1.29, 1.82) is 0 Å². The zero-order valence-corrected chi connectivity index (χ0v) is 12.6. The number of hydrogen-bond donors (Lipinski definition) is 0. The Bertz CT molecular complexity index is 644. The Hall–Kier alpha value is -1.82. The Morgan fingerprint density at radius 1 is 1.27 bits per heavy atom. The fourth-order valence-corrected chi connectivity index (χ4v) is 2.97.